The van der Waals surface area contributed by atoms with E-state index in [1.54, 1.807) is 0 Å². The molecule has 1 N–H and O–H groups in total. The van der Waals surface area contributed by atoms with Crippen LogP contribution in [0.4, 0.5) is 8.78 Å². The second-order valence-electron chi connectivity index (χ2n) is 7.25. The first-order valence-electron chi connectivity index (χ1n) is 9.51. The molecule has 9 heteroatoms. The van der Waals surface area contributed by atoms with Gasteiger partial charge in [-0.25, -0.2) is 4.68 Å². The number of carbonyl (C=O) groups excluding carboxylic acids is 1. The second-order valence-corrected chi connectivity index (χ2v) is 7.25. The molecule has 0 bridgehead atoms. The van der Waals surface area contributed by atoms with Crippen LogP contribution in [0.3, 0.4) is 0 Å². The third kappa shape index (κ3) is 4.02. The highest BCUT2D eigenvalue weighted by Gasteiger charge is 2.26. The number of halogens is 2. The summed E-state index contributed by atoms with van der Waals surface area (Å²) in [6.45, 7) is 0.265. The molecule has 0 spiro atoms. The minimum Gasteiger partial charge on any atom is -0.345 e. The van der Waals surface area contributed by atoms with E-state index in [2.05, 4.69) is 20.4 Å². The largest absolute Gasteiger partial charge is 0.345 e. The Morgan fingerprint density at radius 1 is 1.22 bits per heavy atom. The van der Waals surface area contributed by atoms with Crippen molar-refractivity contribution in [2.45, 2.75) is 64.3 Å². The van der Waals surface area contributed by atoms with E-state index in [1.807, 2.05) is 10.7 Å². The zero-order chi connectivity index (χ0) is 18.8. The van der Waals surface area contributed by atoms with Crippen molar-refractivity contribution in [1.29, 1.82) is 0 Å². The number of rotatable bonds is 5. The fourth-order valence-electron chi connectivity index (χ4n) is 4.02. The van der Waals surface area contributed by atoms with Crippen LogP contribution in [0, 0.1) is 0 Å². The predicted octanol–water partition coefficient (Wildman–Crippen LogP) is 2.55. The van der Waals surface area contributed by atoms with E-state index in [9.17, 15) is 13.6 Å². The molecule has 1 saturated carbocycles. The van der Waals surface area contributed by atoms with Gasteiger partial charge in [-0.1, -0.05) is 19.3 Å². The molecule has 3 heterocycles. The van der Waals surface area contributed by atoms with Gasteiger partial charge < -0.3 is 5.32 Å². The van der Waals surface area contributed by atoms with E-state index >= 15 is 0 Å². The van der Waals surface area contributed by atoms with Crippen LogP contribution in [-0.2, 0) is 19.6 Å². The Morgan fingerprint density at radius 3 is 2.78 bits per heavy atom. The van der Waals surface area contributed by atoms with Crippen LogP contribution in [0.15, 0.2) is 18.3 Å². The van der Waals surface area contributed by atoms with E-state index in [0.717, 1.165) is 37.2 Å². The van der Waals surface area contributed by atoms with Gasteiger partial charge in [0.1, 0.15) is 5.69 Å². The van der Waals surface area contributed by atoms with Gasteiger partial charge in [0.2, 0.25) is 0 Å². The Bertz CT molecular complexity index is 796. The fourth-order valence-corrected chi connectivity index (χ4v) is 4.02. The number of aromatic nitrogens is 4. The number of nitrogens with one attached hydrogen (secondary N) is 1. The summed E-state index contributed by atoms with van der Waals surface area (Å²) in [5.74, 6) is -0.482. The number of alkyl halides is 2. The lowest BCUT2D eigenvalue weighted by Gasteiger charge is -2.36. The van der Waals surface area contributed by atoms with Crippen LogP contribution in [0.1, 0.15) is 60.5 Å². The van der Waals surface area contributed by atoms with Crippen LogP contribution >= 0.6 is 0 Å². The molecule has 1 aliphatic heterocycles. The number of fused-ring (bicyclic) bond motifs is 1. The highest BCUT2D eigenvalue weighted by Crippen LogP contribution is 2.26. The van der Waals surface area contributed by atoms with Crippen LogP contribution in [0.25, 0.3) is 0 Å². The Hall–Kier alpha value is -2.29. The molecule has 2 aromatic heterocycles. The van der Waals surface area contributed by atoms with Crippen LogP contribution in [0.2, 0.25) is 0 Å². The van der Waals surface area contributed by atoms with Gasteiger partial charge in [0.25, 0.3) is 5.91 Å². The lowest BCUT2D eigenvalue weighted by Crippen LogP contribution is -2.42. The van der Waals surface area contributed by atoms with E-state index in [-0.39, 0.29) is 12.2 Å². The van der Waals surface area contributed by atoms with Crippen molar-refractivity contribution in [1.82, 2.24) is 29.8 Å². The Balaban J connectivity index is 1.34. The standard InChI is InChI=1S/C18H24F2N6O/c19-18(20)26-7-6-16(23-26)17(27)21-11-13-10-15-12-24(8-9-25(15)22-13)14-4-2-1-3-5-14/h6-7,10,14,18H,1-5,8-9,11-12H2,(H,21,27). The van der Waals surface area contributed by atoms with Gasteiger partial charge in [0, 0.05) is 25.3 Å². The smallest absolute Gasteiger partial charge is 0.333 e. The third-order valence-electron chi connectivity index (χ3n) is 5.44. The third-order valence-corrected chi connectivity index (χ3v) is 5.44. The minimum atomic E-state index is -2.75. The van der Waals surface area contributed by atoms with Crippen molar-refractivity contribution in [3.63, 3.8) is 0 Å². The minimum absolute atomic E-state index is 0.0252. The highest BCUT2D eigenvalue weighted by atomic mass is 19.3. The summed E-state index contributed by atoms with van der Waals surface area (Å²) in [4.78, 5) is 14.6. The van der Waals surface area contributed by atoms with Crippen molar-refractivity contribution in [2.75, 3.05) is 6.54 Å². The number of hydrogen-bond acceptors (Lipinski definition) is 4. The molecule has 0 aromatic carbocycles. The quantitative estimate of drug-likeness (QED) is 0.868. The number of hydrogen-bond donors (Lipinski definition) is 1. The molecular formula is C18H24F2N6O. The molecule has 7 nitrogen and oxygen atoms in total. The zero-order valence-corrected chi connectivity index (χ0v) is 15.2. The lowest BCUT2D eigenvalue weighted by molar-refractivity contribution is 0.0560. The molecule has 4 rings (SSSR count). The summed E-state index contributed by atoms with van der Waals surface area (Å²) in [7, 11) is 0. The molecule has 2 aliphatic rings. The maximum atomic E-state index is 12.5. The van der Waals surface area contributed by atoms with Crippen molar-refractivity contribution in [3.8, 4) is 0 Å². The lowest BCUT2D eigenvalue weighted by atomic mass is 9.94. The number of nitrogens with zero attached hydrogens (tertiary/aromatic N) is 5. The first-order valence-corrected chi connectivity index (χ1v) is 9.51. The predicted molar refractivity (Wildman–Crippen MR) is 94.2 cm³/mol. The topological polar surface area (TPSA) is 68.0 Å². The molecule has 0 radical (unpaired) electrons. The van der Waals surface area contributed by atoms with E-state index < -0.39 is 12.5 Å². The Morgan fingerprint density at radius 2 is 2.04 bits per heavy atom. The van der Waals surface area contributed by atoms with Gasteiger partial charge >= 0.3 is 6.55 Å². The molecule has 0 saturated heterocycles. The van der Waals surface area contributed by atoms with E-state index in [4.69, 9.17) is 0 Å². The number of carbonyl (C=O) groups is 1. The molecule has 0 atom stereocenters. The first kappa shape index (κ1) is 18.1. The van der Waals surface area contributed by atoms with Gasteiger partial charge in [0.05, 0.1) is 24.5 Å². The fraction of sp³-hybridized carbons (Fsp3) is 0.611. The summed E-state index contributed by atoms with van der Waals surface area (Å²) in [5.41, 5.74) is 1.91. The molecule has 1 fully saturated rings. The monoisotopic (exact) mass is 378 g/mol. The Labute approximate surface area is 156 Å². The van der Waals surface area contributed by atoms with Crippen molar-refractivity contribution < 1.29 is 13.6 Å². The summed E-state index contributed by atoms with van der Waals surface area (Å²) in [6.07, 6.45) is 7.64. The molecule has 2 aromatic rings. The van der Waals surface area contributed by atoms with Crippen LogP contribution in [-0.4, -0.2) is 43.0 Å². The van der Waals surface area contributed by atoms with Gasteiger partial charge in [-0.2, -0.15) is 19.0 Å². The van der Waals surface area contributed by atoms with Crippen molar-refractivity contribution in [3.05, 3.63) is 35.4 Å². The molecule has 1 aliphatic carbocycles. The molecular weight excluding hydrogens is 354 g/mol. The van der Waals surface area contributed by atoms with Crippen LogP contribution in [0.5, 0.6) is 0 Å². The SMILES string of the molecule is O=C(NCc1cc2n(n1)CCN(C1CCCCC1)C2)c1ccn(C(F)F)n1. The maximum Gasteiger partial charge on any atom is 0.333 e. The summed E-state index contributed by atoms with van der Waals surface area (Å²) >= 11 is 0. The first-order chi connectivity index (χ1) is 13.1. The zero-order valence-electron chi connectivity index (χ0n) is 15.2. The van der Waals surface area contributed by atoms with Crippen molar-refractivity contribution in [2.24, 2.45) is 0 Å². The van der Waals surface area contributed by atoms with E-state index in [0.29, 0.717) is 10.7 Å². The van der Waals surface area contributed by atoms with Gasteiger partial charge in [-0.05, 0) is 25.0 Å². The highest BCUT2D eigenvalue weighted by molar-refractivity contribution is 5.92. The normalized spacial score (nSPS) is 18.6. The van der Waals surface area contributed by atoms with Gasteiger partial charge in [0.15, 0.2) is 0 Å². The van der Waals surface area contributed by atoms with Crippen LogP contribution < -0.4 is 5.32 Å². The number of amides is 1. The average molecular weight is 378 g/mol. The van der Waals surface area contributed by atoms with Gasteiger partial charge in [-0.3, -0.25) is 14.4 Å². The average Bonchev–Trinajstić information content (AvgIpc) is 3.33. The summed E-state index contributed by atoms with van der Waals surface area (Å²) < 4.78 is 27.6. The summed E-state index contributed by atoms with van der Waals surface area (Å²) in [6, 6.07) is 3.98. The second kappa shape index (κ2) is 7.75. The van der Waals surface area contributed by atoms with Crippen molar-refractivity contribution >= 4 is 5.91 Å². The molecule has 1 amide bonds. The molecule has 146 valence electrons. The Kier molecular flexibility index (Phi) is 5.20. The molecule has 27 heavy (non-hydrogen) atoms. The maximum absolute atomic E-state index is 12.5. The van der Waals surface area contributed by atoms with E-state index in [1.165, 1.54) is 38.2 Å². The molecule has 0 unspecified atom stereocenters. The summed E-state index contributed by atoms with van der Waals surface area (Å²) in [5, 5.41) is 10.8. The van der Waals surface area contributed by atoms with Gasteiger partial charge in [-0.15, -0.1) is 0 Å².